The summed E-state index contributed by atoms with van der Waals surface area (Å²) in [5.41, 5.74) is 0. The lowest BCUT2D eigenvalue weighted by Crippen LogP contribution is -2.00. The highest BCUT2D eigenvalue weighted by molar-refractivity contribution is 5.81. The van der Waals surface area contributed by atoms with Crippen molar-refractivity contribution in [1.29, 1.82) is 0 Å². The lowest BCUT2D eigenvalue weighted by Gasteiger charge is -1.97. The molecule has 0 unspecified atom stereocenters. The fraction of sp³-hybridized carbons (Fsp3) is 0.333. The van der Waals surface area contributed by atoms with E-state index in [9.17, 15) is 9.59 Å². The number of carbonyl (C=O) groups is 2. The molecule has 110 valence electrons. The maximum Gasteiger partial charge on any atom is 0.330 e. The van der Waals surface area contributed by atoms with Gasteiger partial charge in [-0.1, -0.05) is 26.5 Å². The monoisotopic (exact) mass is 270 g/mol. The van der Waals surface area contributed by atoms with Gasteiger partial charge < -0.3 is 9.47 Å². The van der Waals surface area contributed by atoms with E-state index in [1.807, 2.05) is 6.92 Å². The van der Waals surface area contributed by atoms with Crippen molar-refractivity contribution in [2.24, 2.45) is 0 Å². The van der Waals surface area contributed by atoms with Crippen LogP contribution in [0.5, 0.6) is 0 Å². The molecule has 0 aliphatic carbocycles. The number of hydrogen-bond acceptors (Lipinski definition) is 4. The van der Waals surface area contributed by atoms with Crippen molar-refractivity contribution in [3.05, 3.63) is 51.6 Å². The average molecular weight is 270 g/mol. The van der Waals surface area contributed by atoms with Crippen LogP contribution in [0.4, 0.5) is 0 Å². The number of hydrogen-bond donors (Lipinski definition) is 0. The lowest BCUT2D eigenvalue weighted by molar-refractivity contribution is -0.138. The molecule has 0 bridgehead atoms. The van der Waals surface area contributed by atoms with E-state index < -0.39 is 5.97 Å². The molecule has 0 aromatic rings. The van der Waals surface area contributed by atoms with E-state index in [4.69, 9.17) is 0 Å². The molecule has 0 rings (SSSR count). The van der Waals surface area contributed by atoms with Gasteiger partial charge in [-0.3, -0.25) is 0 Å². The molecule has 0 saturated heterocycles. The van der Waals surface area contributed by atoms with Gasteiger partial charge in [0.05, 0.1) is 13.7 Å². The predicted octanol–water partition coefficient (Wildman–Crippen LogP) is 3.47. The third-order valence-electron chi connectivity index (χ3n) is 1.28. The Kier molecular flexibility index (Phi) is 40.1. The van der Waals surface area contributed by atoms with Crippen LogP contribution in [-0.4, -0.2) is 25.7 Å². The number of methoxy groups -OCH3 is 1. The number of unbranched alkanes of at least 4 members (excludes halogenated alkanes) is 1. The van der Waals surface area contributed by atoms with Crippen molar-refractivity contribution in [2.75, 3.05) is 13.7 Å². The first-order chi connectivity index (χ1) is 9.12. The minimum atomic E-state index is -0.394. The van der Waals surface area contributed by atoms with Gasteiger partial charge in [-0.05, 0) is 6.42 Å². The molecule has 0 atom stereocenters. The number of carbonyl (C=O) groups excluding carboxylic acids is 2. The quantitative estimate of drug-likeness (QED) is 0.332. The molecule has 0 radical (unpaired) electrons. The predicted molar refractivity (Wildman–Crippen MR) is 80.8 cm³/mol. The van der Waals surface area contributed by atoms with Crippen LogP contribution in [0.15, 0.2) is 51.6 Å². The molecule has 0 N–H and O–H groups in total. The van der Waals surface area contributed by atoms with Gasteiger partial charge in [-0.25, -0.2) is 9.59 Å². The first-order valence-corrected chi connectivity index (χ1v) is 5.61. The van der Waals surface area contributed by atoms with E-state index in [2.05, 4.69) is 48.9 Å². The fourth-order valence-corrected chi connectivity index (χ4v) is 0.459. The van der Waals surface area contributed by atoms with Gasteiger partial charge in [0.2, 0.25) is 0 Å². The zero-order valence-electron chi connectivity index (χ0n) is 12.2. The summed E-state index contributed by atoms with van der Waals surface area (Å²) in [6.45, 7) is 21.0. The van der Waals surface area contributed by atoms with Crippen LogP contribution >= 0.6 is 0 Å². The van der Waals surface area contributed by atoms with E-state index in [0.29, 0.717) is 6.61 Å². The third kappa shape index (κ3) is 38.8. The van der Waals surface area contributed by atoms with E-state index in [1.165, 1.54) is 13.2 Å². The van der Waals surface area contributed by atoms with Gasteiger partial charge in [0, 0.05) is 12.2 Å². The highest BCUT2D eigenvalue weighted by Gasteiger charge is 1.91. The Morgan fingerprint density at radius 2 is 1.42 bits per heavy atom. The molecule has 0 spiro atoms. The Hall–Kier alpha value is -2.10. The zero-order valence-corrected chi connectivity index (χ0v) is 12.2. The highest BCUT2D eigenvalue weighted by Crippen LogP contribution is 1.88. The van der Waals surface area contributed by atoms with Crippen LogP contribution in [0.1, 0.15) is 19.8 Å². The van der Waals surface area contributed by atoms with Crippen LogP contribution < -0.4 is 0 Å². The molecule has 0 aliphatic heterocycles. The molecule has 0 heterocycles. The van der Waals surface area contributed by atoms with Gasteiger partial charge in [-0.15, -0.1) is 26.3 Å². The second-order valence-electron chi connectivity index (χ2n) is 2.45. The largest absolute Gasteiger partial charge is 0.466 e. The van der Waals surface area contributed by atoms with E-state index in [-0.39, 0.29) is 5.97 Å². The summed E-state index contributed by atoms with van der Waals surface area (Å²) < 4.78 is 8.82. The molecular weight excluding hydrogens is 244 g/mol. The molecule has 0 aliphatic rings. The Labute approximate surface area is 117 Å². The Morgan fingerprint density at radius 3 is 1.63 bits per heavy atom. The summed E-state index contributed by atoms with van der Waals surface area (Å²) in [5, 5.41) is 0. The fourth-order valence-electron chi connectivity index (χ4n) is 0.459. The Bertz CT molecular complexity index is 232. The topological polar surface area (TPSA) is 52.6 Å². The first kappa shape index (κ1) is 25.7. The van der Waals surface area contributed by atoms with Crippen molar-refractivity contribution in [2.45, 2.75) is 19.8 Å². The molecule has 0 aromatic carbocycles. The van der Waals surface area contributed by atoms with Crippen molar-refractivity contribution < 1.29 is 19.1 Å². The maximum absolute atomic E-state index is 10.3. The minimum absolute atomic E-state index is 0.330. The normalized spacial score (nSPS) is 6.63. The number of esters is 2. The van der Waals surface area contributed by atoms with Crippen molar-refractivity contribution >= 4 is 11.9 Å². The third-order valence-corrected chi connectivity index (χ3v) is 1.28. The summed E-state index contributed by atoms with van der Waals surface area (Å²) in [4.78, 5) is 20.2. The molecule has 0 saturated carbocycles. The second-order valence-corrected chi connectivity index (χ2v) is 2.45. The average Bonchev–Trinajstić information content (AvgIpc) is 2.51. The van der Waals surface area contributed by atoms with Crippen LogP contribution in [0.2, 0.25) is 0 Å². The van der Waals surface area contributed by atoms with E-state index in [1.54, 1.807) is 0 Å². The number of rotatable bonds is 5. The van der Waals surface area contributed by atoms with Gasteiger partial charge in [0.1, 0.15) is 0 Å². The Morgan fingerprint density at radius 1 is 1.00 bits per heavy atom. The van der Waals surface area contributed by atoms with Crippen LogP contribution in [0.3, 0.4) is 0 Å². The van der Waals surface area contributed by atoms with Crippen molar-refractivity contribution in [3.63, 3.8) is 0 Å². The van der Waals surface area contributed by atoms with E-state index in [0.717, 1.165) is 18.9 Å². The molecule has 0 aromatic heterocycles. The van der Waals surface area contributed by atoms with Crippen LogP contribution in [0.25, 0.3) is 0 Å². The van der Waals surface area contributed by atoms with Crippen molar-refractivity contribution in [1.82, 2.24) is 0 Å². The summed E-state index contributed by atoms with van der Waals surface area (Å²) in [6, 6.07) is 0. The molecule has 19 heavy (non-hydrogen) atoms. The summed E-state index contributed by atoms with van der Waals surface area (Å²) >= 11 is 0. The molecule has 4 heteroatoms. The molecule has 0 fully saturated rings. The minimum Gasteiger partial charge on any atom is -0.466 e. The molecule has 0 amide bonds. The molecule has 4 nitrogen and oxygen atoms in total. The van der Waals surface area contributed by atoms with Crippen molar-refractivity contribution in [3.8, 4) is 0 Å². The maximum atomic E-state index is 10.3. The summed E-state index contributed by atoms with van der Waals surface area (Å²) in [7, 11) is 1.31. The Balaban J connectivity index is -0.0000000977. The second kappa shape index (κ2) is 29.7. The van der Waals surface area contributed by atoms with Gasteiger partial charge >= 0.3 is 11.9 Å². The highest BCUT2D eigenvalue weighted by atomic mass is 16.5. The molecular formula is C15H26O4. The van der Waals surface area contributed by atoms with Gasteiger partial charge in [0.15, 0.2) is 0 Å². The zero-order chi connectivity index (χ0) is 16.1. The van der Waals surface area contributed by atoms with Gasteiger partial charge in [0.25, 0.3) is 0 Å². The smallest absolute Gasteiger partial charge is 0.330 e. The number of ether oxygens (including phenoxy) is 2. The first-order valence-electron chi connectivity index (χ1n) is 5.61. The van der Waals surface area contributed by atoms with Crippen LogP contribution in [0, 0.1) is 0 Å². The lowest BCUT2D eigenvalue weighted by atomic mass is 10.4. The summed E-state index contributed by atoms with van der Waals surface area (Å²) in [6.07, 6.45) is 4.26. The SMILES string of the molecule is C=C.C=C.C=CC(=O)OC.C=CC(=O)OCCCC. The summed E-state index contributed by atoms with van der Waals surface area (Å²) in [5.74, 6) is -0.724. The standard InChI is InChI=1S/C7H12O2.C4H6O2.2C2H4/c1-3-5-6-9-7(8)4-2;1-3-4(5)6-2;2*1-2/h4H,2-3,5-6H2,1H3;3H,1H2,2H3;2*1-2H2. The van der Waals surface area contributed by atoms with Gasteiger partial charge in [-0.2, -0.15) is 0 Å². The van der Waals surface area contributed by atoms with E-state index >= 15 is 0 Å². The van der Waals surface area contributed by atoms with Crippen LogP contribution in [-0.2, 0) is 19.1 Å².